The summed E-state index contributed by atoms with van der Waals surface area (Å²) in [7, 11) is -3.66. The number of amidine groups is 1. The van der Waals surface area contributed by atoms with Crippen LogP contribution in [0.1, 0.15) is 36.5 Å². The van der Waals surface area contributed by atoms with E-state index in [9.17, 15) is 13.2 Å². The third kappa shape index (κ3) is 3.67. The summed E-state index contributed by atoms with van der Waals surface area (Å²) < 4.78 is 28.8. The monoisotopic (exact) mass is 411 g/mol. The first-order chi connectivity index (χ1) is 13.9. The molecule has 2 aromatic rings. The van der Waals surface area contributed by atoms with Gasteiger partial charge in [0.25, 0.3) is 10.0 Å². The number of aryl methyl sites for hydroxylation is 2. The summed E-state index contributed by atoms with van der Waals surface area (Å²) in [5.41, 5.74) is 3.68. The molecule has 1 fully saturated rings. The highest BCUT2D eigenvalue weighted by Crippen LogP contribution is 2.30. The van der Waals surface area contributed by atoms with Crippen LogP contribution in [0.3, 0.4) is 0 Å². The average Bonchev–Trinajstić information content (AvgIpc) is 3.01. The maximum absolute atomic E-state index is 13.0. The lowest BCUT2D eigenvalue weighted by atomic mass is 9.95. The number of sulfonamides is 1. The number of carbonyl (C=O) groups is 1. The highest BCUT2D eigenvalue weighted by atomic mass is 32.2. The molecule has 1 saturated heterocycles. The number of carbonyl (C=O) groups excluding carboxylic acids is 1. The van der Waals surface area contributed by atoms with Crippen molar-refractivity contribution in [3.8, 4) is 0 Å². The summed E-state index contributed by atoms with van der Waals surface area (Å²) >= 11 is 0. The van der Waals surface area contributed by atoms with Crippen LogP contribution in [0.2, 0.25) is 0 Å². The number of piperidine rings is 1. The van der Waals surface area contributed by atoms with E-state index in [1.165, 1.54) is 0 Å². The van der Waals surface area contributed by atoms with Crippen LogP contribution in [0.15, 0.2) is 51.8 Å². The van der Waals surface area contributed by atoms with Gasteiger partial charge in [-0.1, -0.05) is 37.3 Å². The number of hydrogen-bond acceptors (Lipinski definition) is 4. The van der Waals surface area contributed by atoms with Gasteiger partial charge in [-0.2, -0.15) is 8.42 Å². The molecule has 1 N–H and O–H groups in total. The van der Waals surface area contributed by atoms with Crippen LogP contribution in [-0.2, 0) is 21.2 Å². The number of rotatable bonds is 3. The number of amides is 1. The van der Waals surface area contributed by atoms with Gasteiger partial charge in [-0.25, -0.2) is 0 Å². The number of anilines is 1. The Morgan fingerprint density at radius 1 is 1.21 bits per heavy atom. The first kappa shape index (κ1) is 19.6. The number of nitrogens with zero attached hydrogens (tertiary/aromatic N) is 2. The summed E-state index contributed by atoms with van der Waals surface area (Å²) in [6.45, 7) is 5.22. The molecule has 2 aliphatic rings. The van der Waals surface area contributed by atoms with E-state index in [0.717, 1.165) is 36.1 Å². The van der Waals surface area contributed by atoms with E-state index in [0.29, 0.717) is 24.5 Å². The SMILES string of the molecule is CCc1cccc(C)c1NC(=O)[C@@H]1CCCN(C2=NS(=O)(=O)c3ccccc32)C1. The average molecular weight is 412 g/mol. The van der Waals surface area contributed by atoms with Crippen molar-refractivity contribution < 1.29 is 13.2 Å². The van der Waals surface area contributed by atoms with Crippen LogP contribution in [0, 0.1) is 12.8 Å². The molecular weight excluding hydrogens is 386 g/mol. The summed E-state index contributed by atoms with van der Waals surface area (Å²) in [5.74, 6) is 0.225. The topological polar surface area (TPSA) is 78.8 Å². The molecule has 2 aromatic carbocycles. The maximum atomic E-state index is 13.0. The molecule has 1 atom stereocenters. The normalized spacial score (nSPS) is 20.1. The Bertz CT molecular complexity index is 1090. The van der Waals surface area contributed by atoms with Crippen molar-refractivity contribution in [3.63, 3.8) is 0 Å². The Hall–Kier alpha value is -2.67. The van der Waals surface area contributed by atoms with Crippen LogP contribution >= 0.6 is 0 Å². The minimum Gasteiger partial charge on any atom is -0.355 e. The van der Waals surface area contributed by atoms with Gasteiger partial charge in [0.2, 0.25) is 5.91 Å². The molecule has 152 valence electrons. The summed E-state index contributed by atoms with van der Waals surface area (Å²) in [6, 6.07) is 12.9. The number of benzene rings is 2. The van der Waals surface area contributed by atoms with E-state index in [2.05, 4.69) is 16.6 Å². The van der Waals surface area contributed by atoms with E-state index in [-0.39, 0.29) is 16.7 Å². The molecule has 7 heteroatoms. The maximum Gasteiger partial charge on any atom is 0.285 e. The predicted molar refractivity (Wildman–Crippen MR) is 114 cm³/mol. The summed E-state index contributed by atoms with van der Waals surface area (Å²) in [4.78, 5) is 15.2. The second-order valence-electron chi connectivity index (χ2n) is 7.62. The third-order valence-electron chi connectivity index (χ3n) is 5.69. The van der Waals surface area contributed by atoms with E-state index in [4.69, 9.17) is 0 Å². The van der Waals surface area contributed by atoms with Crippen LogP contribution in [0.5, 0.6) is 0 Å². The van der Waals surface area contributed by atoms with Gasteiger partial charge in [-0.15, -0.1) is 4.40 Å². The standard InChI is InChI=1S/C22H25N3O3S/c1-3-16-9-6-8-15(2)20(16)23-22(26)17-10-7-13-25(14-17)21-18-11-4-5-12-19(18)29(27,28)24-21/h4-6,8-9,11-12,17H,3,7,10,13-14H2,1-2H3,(H,23,26)/t17-/m1/s1. The Kier molecular flexibility index (Phi) is 5.17. The lowest BCUT2D eigenvalue weighted by molar-refractivity contribution is -0.121. The number of likely N-dealkylation sites (tertiary alicyclic amines) is 1. The fourth-order valence-electron chi connectivity index (χ4n) is 4.13. The Morgan fingerprint density at radius 2 is 2.00 bits per heavy atom. The molecule has 0 radical (unpaired) electrons. The molecule has 2 heterocycles. The van der Waals surface area contributed by atoms with Crippen molar-refractivity contribution in [1.29, 1.82) is 0 Å². The number of fused-ring (bicyclic) bond motifs is 1. The van der Waals surface area contributed by atoms with Crippen molar-refractivity contribution in [2.24, 2.45) is 10.3 Å². The van der Waals surface area contributed by atoms with Crippen molar-refractivity contribution in [1.82, 2.24) is 4.90 Å². The fraction of sp³-hybridized carbons (Fsp3) is 0.364. The molecule has 0 aliphatic carbocycles. The largest absolute Gasteiger partial charge is 0.355 e. The van der Waals surface area contributed by atoms with Crippen molar-refractivity contribution >= 4 is 27.5 Å². The number of nitrogens with one attached hydrogen (secondary N) is 1. The quantitative estimate of drug-likeness (QED) is 0.840. The summed E-state index contributed by atoms with van der Waals surface area (Å²) in [6.07, 6.45) is 2.44. The minimum absolute atomic E-state index is 0.0200. The second kappa shape index (κ2) is 7.63. The van der Waals surface area contributed by atoms with Gasteiger partial charge in [0.1, 0.15) is 4.90 Å². The molecule has 0 bridgehead atoms. The lowest BCUT2D eigenvalue weighted by Gasteiger charge is -2.33. The highest BCUT2D eigenvalue weighted by Gasteiger charge is 2.35. The Labute approximate surface area is 171 Å². The second-order valence-corrected chi connectivity index (χ2v) is 9.20. The van der Waals surface area contributed by atoms with Gasteiger partial charge in [0, 0.05) is 24.3 Å². The smallest absolute Gasteiger partial charge is 0.285 e. The van der Waals surface area contributed by atoms with Crippen LogP contribution in [-0.4, -0.2) is 38.2 Å². The minimum atomic E-state index is -3.66. The molecular formula is C22H25N3O3S. The summed E-state index contributed by atoms with van der Waals surface area (Å²) in [5, 5.41) is 3.12. The lowest BCUT2D eigenvalue weighted by Crippen LogP contribution is -2.43. The zero-order chi connectivity index (χ0) is 20.6. The van der Waals surface area contributed by atoms with E-state index in [1.54, 1.807) is 18.2 Å². The molecule has 4 rings (SSSR count). The van der Waals surface area contributed by atoms with Crippen molar-refractivity contribution in [2.45, 2.75) is 38.0 Å². The number of hydrogen-bond donors (Lipinski definition) is 1. The first-order valence-electron chi connectivity index (χ1n) is 9.99. The van der Waals surface area contributed by atoms with Crippen molar-refractivity contribution in [3.05, 3.63) is 59.2 Å². The van der Waals surface area contributed by atoms with Crippen LogP contribution in [0.25, 0.3) is 0 Å². The molecule has 0 spiro atoms. The third-order valence-corrected chi connectivity index (χ3v) is 7.02. The van der Waals surface area contributed by atoms with Gasteiger partial charge in [-0.05, 0) is 49.4 Å². The van der Waals surface area contributed by atoms with Gasteiger partial charge >= 0.3 is 0 Å². The predicted octanol–water partition coefficient (Wildman–Crippen LogP) is 3.36. The van der Waals surface area contributed by atoms with Crippen LogP contribution < -0.4 is 5.32 Å². The zero-order valence-corrected chi connectivity index (χ0v) is 17.5. The number of para-hydroxylation sites is 1. The molecule has 0 saturated carbocycles. The van der Waals surface area contributed by atoms with Gasteiger partial charge in [0.05, 0.1) is 5.92 Å². The molecule has 29 heavy (non-hydrogen) atoms. The molecule has 0 aromatic heterocycles. The Morgan fingerprint density at radius 3 is 2.79 bits per heavy atom. The van der Waals surface area contributed by atoms with E-state index >= 15 is 0 Å². The first-order valence-corrected chi connectivity index (χ1v) is 11.4. The van der Waals surface area contributed by atoms with Crippen LogP contribution in [0.4, 0.5) is 5.69 Å². The fourth-order valence-corrected chi connectivity index (χ4v) is 5.35. The molecule has 2 aliphatic heterocycles. The molecule has 0 unspecified atom stereocenters. The van der Waals surface area contributed by atoms with E-state index in [1.807, 2.05) is 36.1 Å². The highest BCUT2D eigenvalue weighted by molar-refractivity contribution is 7.90. The van der Waals surface area contributed by atoms with Gasteiger partial charge in [0.15, 0.2) is 5.84 Å². The van der Waals surface area contributed by atoms with Gasteiger partial charge < -0.3 is 10.2 Å². The van der Waals surface area contributed by atoms with E-state index < -0.39 is 10.0 Å². The molecule has 6 nitrogen and oxygen atoms in total. The van der Waals surface area contributed by atoms with Gasteiger partial charge in [-0.3, -0.25) is 4.79 Å². The Balaban J connectivity index is 1.55. The molecule has 1 amide bonds. The zero-order valence-electron chi connectivity index (χ0n) is 16.7. The van der Waals surface area contributed by atoms with Crippen molar-refractivity contribution in [2.75, 3.05) is 18.4 Å².